The van der Waals surface area contributed by atoms with Crippen LogP contribution < -0.4 is 5.32 Å². The van der Waals surface area contributed by atoms with E-state index in [0.717, 1.165) is 19.4 Å². The Morgan fingerprint density at radius 3 is 2.84 bits per heavy atom. The van der Waals surface area contributed by atoms with Crippen LogP contribution in [0.1, 0.15) is 38.6 Å². The Morgan fingerprint density at radius 2 is 2.16 bits per heavy atom. The Morgan fingerprint density at radius 1 is 1.32 bits per heavy atom. The van der Waals surface area contributed by atoms with Crippen LogP contribution in [0.5, 0.6) is 0 Å². The Hall–Kier alpha value is -1.75. The molecular formula is C14H18FN3O. The molecule has 102 valence electrons. The summed E-state index contributed by atoms with van der Waals surface area (Å²) in [4.78, 5) is 0. The molecule has 0 spiro atoms. The molecule has 0 aliphatic rings. The van der Waals surface area contributed by atoms with E-state index in [0.29, 0.717) is 17.3 Å². The summed E-state index contributed by atoms with van der Waals surface area (Å²) in [7, 11) is 0. The van der Waals surface area contributed by atoms with E-state index in [1.165, 1.54) is 12.1 Å². The molecule has 2 rings (SSSR count). The van der Waals surface area contributed by atoms with Crippen LogP contribution in [-0.2, 0) is 0 Å². The van der Waals surface area contributed by atoms with Gasteiger partial charge in [0.25, 0.3) is 0 Å². The minimum atomic E-state index is -0.312. The highest BCUT2D eigenvalue weighted by Gasteiger charge is 2.16. The van der Waals surface area contributed by atoms with Crippen molar-refractivity contribution in [1.29, 1.82) is 0 Å². The van der Waals surface area contributed by atoms with Gasteiger partial charge in [-0.25, -0.2) is 4.39 Å². The molecule has 19 heavy (non-hydrogen) atoms. The maximum absolute atomic E-state index is 13.1. The summed E-state index contributed by atoms with van der Waals surface area (Å²) >= 11 is 0. The van der Waals surface area contributed by atoms with Crippen molar-refractivity contribution in [2.45, 2.75) is 32.7 Å². The Labute approximate surface area is 112 Å². The van der Waals surface area contributed by atoms with Gasteiger partial charge >= 0.3 is 0 Å². The van der Waals surface area contributed by atoms with Crippen LogP contribution in [0.25, 0.3) is 11.5 Å². The van der Waals surface area contributed by atoms with Gasteiger partial charge < -0.3 is 9.73 Å². The number of rotatable bonds is 6. The number of aromatic nitrogens is 2. The third-order valence-electron chi connectivity index (χ3n) is 2.86. The summed E-state index contributed by atoms with van der Waals surface area (Å²) in [5.41, 5.74) is 0.601. The molecule has 1 heterocycles. The van der Waals surface area contributed by atoms with Crippen LogP contribution in [-0.4, -0.2) is 16.7 Å². The van der Waals surface area contributed by atoms with E-state index in [1.54, 1.807) is 12.1 Å². The highest BCUT2D eigenvalue weighted by molar-refractivity contribution is 5.52. The average molecular weight is 263 g/mol. The zero-order valence-corrected chi connectivity index (χ0v) is 11.2. The van der Waals surface area contributed by atoms with Crippen LogP contribution >= 0.6 is 0 Å². The molecule has 0 amide bonds. The van der Waals surface area contributed by atoms with E-state index < -0.39 is 0 Å². The Bertz CT molecular complexity index is 527. The lowest BCUT2D eigenvalue weighted by Gasteiger charge is -2.11. The molecule has 0 fully saturated rings. The highest BCUT2D eigenvalue weighted by Crippen LogP contribution is 2.22. The van der Waals surface area contributed by atoms with E-state index in [9.17, 15) is 4.39 Å². The molecule has 1 N–H and O–H groups in total. The molecule has 5 heteroatoms. The van der Waals surface area contributed by atoms with E-state index in [1.807, 2.05) is 0 Å². The van der Waals surface area contributed by atoms with Crippen molar-refractivity contribution in [3.8, 4) is 11.5 Å². The lowest BCUT2D eigenvalue weighted by molar-refractivity contribution is 0.396. The van der Waals surface area contributed by atoms with Gasteiger partial charge in [0.05, 0.1) is 6.04 Å². The molecule has 1 aromatic heterocycles. The van der Waals surface area contributed by atoms with Gasteiger partial charge in [-0.15, -0.1) is 10.2 Å². The topological polar surface area (TPSA) is 51.0 Å². The van der Waals surface area contributed by atoms with Crippen LogP contribution in [0.2, 0.25) is 0 Å². The van der Waals surface area contributed by atoms with Crippen LogP contribution in [0.4, 0.5) is 4.39 Å². The van der Waals surface area contributed by atoms with Crippen molar-refractivity contribution in [3.05, 3.63) is 36.0 Å². The molecule has 4 nitrogen and oxygen atoms in total. The molecular weight excluding hydrogens is 245 g/mol. The number of nitrogens with one attached hydrogen (secondary N) is 1. The summed E-state index contributed by atoms with van der Waals surface area (Å²) in [5, 5.41) is 11.4. The second kappa shape index (κ2) is 6.43. The fourth-order valence-corrected chi connectivity index (χ4v) is 1.84. The van der Waals surface area contributed by atoms with Crippen molar-refractivity contribution >= 4 is 0 Å². The van der Waals surface area contributed by atoms with Gasteiger partial charge in [0.1, 0.15) is 5.82 Å². The summed E-state index contributed by atoms with van der Waals surface area (Å²) in [5.74, 6) is 0.592. The molecule has 2 aromatic rings. The van der Waals surface area contributed by atoms with E-state index in [4.69, 9.17) is 4.42 Å². The quantitative estimate of drug-likeness (QED) is 0.868. The first kappa shape index (κ1) is 13.7. The van der Waals surface area contributed by atoms with Gasteiger partial charge in [0.15, 0.2) is 0 Å². The van der Waals surface area contributed by atoms with Crippen molar-refractivity contribution in [2.75, 3.05) is 6.54 Å². The van der Waals surface area contributed by atoms with Gasteiger partial charge in [-0.2, -0.15) is 0 Å². The molecule has 0 aliphatic carbocycles. The molecule has 0 saturated carbocycles. The molecule has 0 radical (unpaired) electrons. The van der Waals surface area contributed by atoms with E-state index in [-0.39, 0.29) is 11.9 Å². The second-order valence-electron chi connectivity index (χ2n) is 4.37. The van der Waals surface area contributed by atoms with Gasteiger partial charge in [-0.1, -0.05) is 19.9 Å². The maximum atomic E-state index is 13.1. The summed E-state index contributed by atoms with van der Waals surface area (Å²) in [6, 6.07) is 6.20. The van der Waals surface area contributed by atoms with Crippen molar-refractivity contribution in [2.24, 2.45) is 0 Å². The average Bonchev–Trinajstić information content (AvgIpc) is 2.89. The molecule has 0 aliphatic heterocycles. The summed E-state index contributed by atoms with van der Waals surface area (Å²) < 4.78 is 18.8. The summed E-state index contributed by atoms with van der Waals surface area (Å²) in [6.07, 6.45) is 1.91. The maximum Gasteiger partial charge on any atom is 0.247 e. The second-order valence-corrected chi connectivity index (χ2v) is 4.37. The number of benzene rings is 1. The lowest BCUT2D eigenvalue weighted by Crippen LogP contribution is -2.21. The standard InChI is InChI=1S/C14H18FN3O/c1-3-8-16-12(4-2)14-18-17-13(19-14)10-6-5-7-11(15)9-10/h5-7,9,12,16H,3-4,8H2,1-2H3. The third-order valence-corrected chi connectivity index (χ3v) is 2.86. The minimum Gasteiger partial charge on any atom is -0.419 e. The highest BCUT2D eigenvalue weighted by atomic mass is 19.1. The molecule has 1 aromatic carbocycles. The number of hydrogen-bond donors (Lipinski definition) is 1. The zero-order valence-electron chi connectivity index (χ0n) is 11.2. The predicted molar refractivity (Wildman–Crippen MR) is 71.0 cm³/mol. The van der Waals surface area contributed by atoms with E-state index >= 15 is 0 Å². The van der Waals surface area contributed by atoms with Crippen LogP contribution in [0.15, 0.2) is 28.7 Å². The molecule has 0 bridgehead atoms. The minimum absolute atomic E-state index is 0.0507. The smallest absolute Gasteiger partial charge is 0.247 e. The number of halogens is 1. The van der Waals surface area contributed by atoms with Crippen molar-refractivity contribution in [3.63, 3.8) is 0 Å². The van der Waals surface area contributed by atoms with Crippen molar-refractivity contribution < 1.29 is 8.81 Å². The first-order valence-corrected chi connectivity index (χ1v) is 6.57. The van der Waals surface area contributed by atoms with Gasteiger partial charge in [-0.05, 0) is 37.6 Å². The van der Waals surface area contributed by atoms with E-state index in [2.05, 4.69) is 29.4 Å². The monoisotopic (exact) mass is 263 g/mol. The number of nitrogens with zero attached hydrogens (tertiary/aromatic N) is 2. The normalized spacial score (nSPS) is 12.6. The molecule has 0 saturated heterocycles. The third kappa shape index (κ3) is 3.38. The fraction of sp³-hybridized carbons (Fsp3) is 0.429. The van der Waals surface area contributed by atoms with Gasteiger partial charge in [0, 0.05) is 5.56 Å². The van der Waals surface area contributed by atoms with Crippen LogP contribution in [0, 0.1) is 5.82 Å². The molecule has 1 atom stereocenters. The SMILES string of the molecule is CCCNC(CC)c1nnc(-c2cccc(F)c2)o1. The largest absolute Gasteiger partial charge is 0.419 e. The molecule has 1 unspecified atom stereocenters. The fourth-order valence-electron chi connectivity index (χ4n) is 1.84. The summed E-state index contributed by atoms with van der Waals surface area (Å²) in [6.45, 7) is 5.06. The lowest BCUT2D eigenvalue weighted by atomic mass is 10.2. The van der Waals surface area contributed by atoms with Crippen molar-refractivity contribution in [1.82, 2.24) is 15.5 Å². The Balaban J connectivity index is 2.18. The number of hydrogen-bond acceptors (Lipinski definition) is 4. The van der Waals surface area contributed by atoms with Gasteiger partial charge in [-0.3, -0.25) is 0 Å². The first-order chi connectivity index (χ1) is 9.24. The van der Waals surface area contributed by atoms with Crippen LogP contribution in [0.3, 0.4) is 0 Å². The predicted octanol–water partition coefficient (Wildman–Crippen LogP) is 3.33. The Kier molecular flexibility index (Phi) is 4.63. The first-order valence-electron chi connectivity index (χ1n) is 6.57. The van der Waals surface area contributed by atoms with Gasteiger partial charge in [0.2, 0.25) is 11.8 Å². The zero-order chi connectivity index (χ0) is 13.7.